The number of aromatic nitrogens is 2. The number of carbonyl (C=O) groups is 1. The van der Waals surface area contributed by atoms with E-state index in [9.17, 15) is 4.79 Å². The first-order valence-corrected chi connectivity index (χ1v) is 8.97. The maximum absolute atomic E-state index is 12.2. The molecule has 0 fully saturated rings. The van der Waals surface area contributed by atoms with Gasteiger partial charge in [0.1, 0.15) is 11.3 Å². The van der Waals surface area contributed by atoms with Crippen molar-refractivity contribution in [1.29, 1.82) is 0 Å². The van der Waals surface area contributed by atoms with E-state index >= 15 is 0 Å². The Labute approximate surface area is 162 Å². The van der Waals surface area contributed by atoms with Crippen LogP contribution in [0, 0.1) is 0 Å². The van der Waals surface area contributed by atoms with E-state index < -0.39 is 0 Å². The van der Waals surface area contributed by atoms with E-state index in [0.29, 0.717) is 17.3 Å². The molecule has 0 saturated carbocycles. The number of fused-ring (bicyclic) bond motifs is 1. The number of furan rings is 1. The first-order valence-electron chi connectivity index (χ1n) is 8.97. The molecule has 140 valence electrons. The number of para-hydroxylation sites is 1. The predicted octanol–water partition coefficient (Wildman–Crippen LogP) is 4.15. The Morgan fingerprint density at radius 3 is 2.54 bits per heavy atom. The lowest BCUT2D eigenvalue weighted by Gasteiger charge is -2.12. The van der Waals surface area contributed by atoms with E-state index in [1.54, 1.807) is 12.4 Å². The summed E-state index contributed by atoms with van der Waals surface area (Å²) in [6.45, 7) is 1.74. The highest BCUT2D eigenvalue weighted by Crippen LogP contribution is 2.23. The summed E-state index contributed by atoms with van der Waals surface area (Å²) in [4.78, 5) is 20.7. The molecule has 1 atom stereocenters. The largest absolute Gasteiger partial charge is 0.481 e. The molecule has 1 N–H and O–H groups in total. The minimum absolute atomic E-state index is 0.126. The van der Waals surface area contributed by atoms with Crippen molar-refractivity contribution in [3.8, 4) is 17.1 Å². The molecule has 1 unspecified atom stereocenters. The minimum atomic E-state index is -0.264. The van der Waals surface area contributed by atoms with Crippen LogP contribution in [-0.2, 0) is 4.79 Å². The fourth-order valence-electron chi connectivity index (χ4n) is 2.85. The standard InChI is InChI=1S/C22H19N3O3/c1-15(20-11-17-9-5-6-10-19(17)28-20)25-21(26)14-27-18-12-23-22(24-13-18)16-7-3-2-4-8-16/h2-13,15H,14H2,1H3,(H,25,26). The van der Waals surface area contributed by atoms with Crippen molar-refractivity contribution in [3.63, 3.8) is 0 Å². The van der Waals surface area contributed by atoms with Crippen LogP contribution in [0.3, 0.4) is 0 Å². The molecular formula is C22H19N3O3. The van der Waals surface area contributed by atoms with Gasteiger partial charge in [-0.2, -0.15) is 0 Å². The maximum atomic E-state index is 12.2. The van der Waals surface area contributed by atoms with Crippen molar-refractivity contribution < 1.29 is 13.9 Å². The summed E-state index contributed by atoms with van der Waals surface area (Å²) in [6.07, 6.45) is 3.12. The molecular weight excluding hydrogens is 354 g/mol. The molecule has 28 heavy (non-hydrogen) atoms. The number of benzene rings is 2. The molecule has 2 aromatic heterocycles. The fourth-order valence-corrected chi connectivity index (χ4v) is 2.85. The molecule has 0 radical (unpaired) electrons. The third-order valence-electron chi connectivity index (χ3n) is 4.28. The first kappa shape index (κ1) is 17.7. The quantitative estimate of drug-likeness (QED) is 0.549. The number of ether oxygens (including phenoxy) is 1. The molecule has 0 aliphatic rings. The molecule has 4 rings (SSSR count). The summed E-state index contributed by atoms with van der Waals surface area (Å²) in [5, 5.41) is 3.87. The van der Waals surface area contributed by atoms with Crippen LogP contribution in [0.2, 0.25) is 0 Å². The highest BCUT2D eigenvalue weighted by molar-refractivity contribution is 5.79. The minimum Gasteiger partial charge on any atom is -0.481 e. The van der Waals surface area contributed by atoms with Crippen molar-refractivity contribution in [2.24, 2.45) is 0 Å². The zero-order chi connectivity index (χ0) is 19.3. The summed E-state index contributed by atoms with van der Waals surface area (Å²) in [5.41, 5.74) is 1.72. The maximum Gasteiger partial charge on any atom is 0.258 e. The van der Waals surface area contributed by atoms with Crippen LogP contribution in [0.1, 0.15) is 18.7 Å². The van der Waals surface area contributed by atoms with Crippen molar-refractivity contribution in [2.45, 2.75) is 13.0 Å². The highest BCUT2D eigenvalue weighted by Gasteiger charge is 2.14. The van der Waals surface area contributed by atoms with Crippen LogP contribution in [-0.4, -0.2) is 22.5 Å². The number of carbonyl (C=O) groups excluding carboxylic acids is 1. The lowest BCUT2D eigenvalue weighted by Crippen LogP contribution is -2.31. The lowest BCUT2D eigenvalue weighted by molar-refractivity contribution is -0.123. The molecule has 4 aromatic rings. The Bertz CT molecular complexity index is 1040. The normalized spacial score (nSPS) is 11.9. The molecule has 0 aliphatic carbocycles. The van der Waals surface area contributed by atoms with Gasteiger partial charge in [0.15, 0.2) is 18.2 Å². The van der Waals surface area contributed by atoms with E-state index in [4.69, 9.17) is 9.15 Å². The SMILES string of the molecule is CC(NC(=O)COc1cnc(-c2ccccc2)nc1)c1cc2ccccc2o1. The molecule has 6 nitrogen and oxygen atoms in total. The Morgan fingerprint density at radius 2 is 1.79 bits per heavy atom. The van der Waals surface area contributed by atoms with E-state index in [1.165, 1.54) is 0 Å². The number of nitrogens with one attached hydrogen (secondary N) is 1. The van der Waals surface area contributed by atoms with Crippen molar-refractivity contribution >= 4 is 16.9 Å². The topological polar surface area (TPSA) is 77.2 Å². The molecule has 0 spiro atoms. The van der Waals surface area contributed by atoms with Gasteiger partial charge >= 0.3 is 0 Å². The predicted molar refractivity (Wildman–Crippen MR) is 106 cm³/mol. The Morgan fingerprint density at radius 1 is 1.07 bits per heavy atom. The summed E-state index contributed by atoms with van der Waals surface area (Å²) in [7, 11) is 0. The second-order valence-corrected chi connectivity index (χ2v) is 6.37. The van der Waals surface area contributed by atoms with Crippen LogP contribution in [0.4, 0.5) is 0 Å². The van der Waals surface area contributed by atoms with E-state index in [0.717, 1.165) is 16.5 Å². The van der Waals surface area contributed by atoms with Gasteiger partial charge in [-0.3, -0.25) is 4.79 Å². The summed E-state index contributed by atoms with van der Waals surface area (Å²) in [6, 6.07) is 19.1. The van der Waals surface area contributed by atoms with Gasteiger partial charge in [0.25, 0.3) is 5.91 Å². The third-order valence-corrected chi connectivity index (χ3v) is 4.28. The fraction of sp³-hybridized carbons (Fsp3) is 0.136. The van der Waals surface area contributed by atoms with Crippen LogP contribution in [0.15, 0.2) is 77.5 Å². The Hall–Kier alpha value is -3.67. The molecule has 1 amide bonds. The van der Waals surface area contributed by atoms with E-state index in [2.05, 4.69) is 15.3 Å². The van der Waals surface area contributed by atoms with Gasteiger partial charge in [0.05, 0.1) is 18.4 Å². The van der Waals surface area contributed by atoms with Gasteiger partial charge in [0, 0.05) is 10.9 Å². The van der Waals surface area contributed by atoms with Gasteiger partial charge in [-0.1, -0.05) is 48.5 Å². The van der Waals surface area contributed by atoms with Crippen molar-refractivity contribution in [1.82, 2.24) is 15.3 Å². The summed E-state index contributed by atoms with van der Waals surface area (Å²) in [5.74, 6) is 1.49. The number of amides is 1. The van der Waals surface area contributed by atoms with Crippen LogP contribution < -0.4 is 10.1 Å². The highest BCUT2D eigenvalue weighted by atomic mass is 16.5. The zero-order valence-corrected chi connectivity index (χ0v) is 15.3. The average molecular weight is 373 g/mol. The summed E-state index contributed by atoms with van der Waals surface area (Å²) >= 11 is 0. The second kappa shape index (κ2) is 7.92. The number of hydrogen-bond acceptors (Lipinski definition) is 5. The van der Waals surface area contributed by atoms with E-state index in [-0.39, 0.29) is 18.6 Å². The second-order valence-electron chi connectivity index (χ2n) is 6.37. The molecule has 0 bridgehead atoms. The van der Waals surface area contributed by atoms with Gasteiger partial charge in [-0.25, -0.2) is 9.97 Å². The number of rotatable bonds is 6. The van der Waals surface area contributed by atoms with Crippen LogP contribution in [0.5, 0.6) is 5.75 Å². The third kappa shape index (κ3) is 4.01. The number of hydrogen-bond donors (Lipinski definition) is 1. The lowest BCUT2D eigenvalue weighted by atomic mass is 10.2. The first-order chi connectivity index (χ1) is 13.7. The molecule has 2 heterocycles. The van der Waals surface area contributed by atoms with Gasteiger partial charge in [-0.05, 0) is 19.1 Å². The zero-order valence-electron chi connectivity index (χ0n) is 15.3. The van der Waals surface area contributed by atoms with Gasteiger partial charge in [-0.15, -0.1) is 0 Å². The van der Waals surface area contributed by atoms with Crippen LogP contribution >= 0.6 is 0 Å². The molecule has 0 aliphatic heterocycles. The van der Waals surface area contributed by atoms with Crippen LogP contribution in [0.25, 0.3) is 22.4 Å². The molecule has 0 saturated heterocycles. The Kier molecular flexibility index (Phi) is 5.01. The average Bonchev–Trinajstić information content (AvgIpc) is 3.18. The summed E-state index contributed by atoms with van der Waals surface area (Å²) < 4.78 is 11.3. The molecule has 2 aromatic carbocycles. The van der Waals surface area contributed by atoms with Gasteiger partial charge in [0.2, 0.25) is 0 Å². The monoisotopic (exact) mass is 373 g/mol. The van der Waals surface area contributed by atoms with E-state index in [1.807, 2.05) is 67.6 Å². The van der Waals surface area contributed by atoms with Gasteiger partial charge < -0.3 is 14.5 Å². The van der Waals surface area contributed by atoms with Crippen molar-refractivity contribution in [3.05, 3.63) is 78.8 Å². The smallest absolute Gasteiger partial charge is 0.258 e. The Balaban J connectivity index is 1.32. The number of nitrogens with zero attached hydrogens (tertiary/aromatic N) is 2. The molecule has 6 heteroatoms. The van der Waals surface area contributed by atoms with Crippen molar-refractivity contribution in [2.75, 3.05) is 6.61 Å².